The Hall–Kier alpha value is -2.01. The lowest BCUT2D eigenvalue weighted by molar-refractivity contribution is 0.813. The second-order valence-electron chi connectivity index (χ2n) is 4.09. The highest BCUT2D eigenvalue weighted by Crippen LogP contribution is 2.19. The fourth-order valence-electron chi connectivity index (χ4n) is 1.81. The van der Waals surface area contributed by atoms with Gasteiger partial charge in [0.15, 0.2) is 11.6 Å². The molecule has 2 aromatic heterocycles. The molecule has 3 aromatic rings. The maximum Gasteiger partial charge on any atom is 0.181 e. The van der Waals surface area contributed by atoms with Crippen LogP contribution in [0.15, 0.2) is 53.1 Å². The lowest BCUT2D eigenvalue weighted by Crippen LogP contribution is -2.01. The lowest BCUT2D eigenvalue weighted by Gasteiger charge is -1.99. The maximum absolute atomic E-state index is 4.51. The van der Waals surface area contributed by atoms with Gasteiger partial charge < -0.3 is 0 Å². The molecule has 3 rings (SSSR count). The zero-order valence-corrected chi connectivity index (χ0v) is 11.9. The average Bonchev–Trinajstić information content (AvgIpc) is 2.83. The Kier molecular flexibility index (Phi) is 3.13. The second-order valence-corrected chi connectivity index (χ2v) is 5.00. The number of hydrogen-bond acceptors (Lipinski definition) is 3. The van der Waals surface area contributed by atoms with Gasteiger partial charge in [-0.3, -0.25) is 0 Å². The molecule has 0 spiro atoms. The normalized spacial score (nSPS) is 10.6. The summed E-state index contributed by atoms with van der Waals surface area (Å²) in [5.74, 6) is 2.29. The SMILES string of the molecule is Cc1nc(-c2ccc(Br)cc2)nn1-c1ccccn1. The molecule has 19 heavy (non-hydrogen) atoms. The molecular formula is C14H11BrN4. The smallest absolute Gasteiger partial charge is 0.181 e. The third-order valence-corrected chi connectivity index (χ3v) is 3.27. The van der Waals surface area contributed by atoms with Gasteiger partial charge in [-0.05, 0) is 31.2 Å². The molecule has 0 aliphatic heterocycles. The molecule has 0 bridgehead atoms. The van der Waals surface area contributed by atoms with Crippen LogP contribution in [0, 0.1) is 6.92 Å². The van der Waals surface area contributed by atoms with Crippen molar-refractivity contribution in [1.82, 2.24) is 19.7 Å². The number of hydrogen-bond donors (Lipinski definition) is 0. The molecule has 0 aliphatic rings. The minimum Gasteiger partial charge on any atom is -0.237 e. The molecule has 0 aliphatic carbocycles. The van der Waals surface area contributed by atoms with Gasteiger partial charge in [0.05, 0.1) is 0 Å². The summed E-state index contributed by atoms with van der Waals surface area (Å²) in [6.07, 6.45) is 1.75. The van der Waals surface area contributed by atoms with Gasteiger partial charge in [0, 0.05) is 16.2 Å². The van der Waals surface area contributed by atoms with Crippen molar-refractivity contribution >= 4 is 15.9 Å². The van der Waals surface area contributed by atoms with Crippen LogP contribution in [0.4, 0.5) is 0 Å². The Morgan fingerprint density at radius 2 is 1.84 bits per heavy atom. The summed E-state index contributed by atoms with van der Waals surface area (Å²) in [4.78, 5) is 8.77. The van der Waals surface area contributed by atoms with Crippen molar-refractivity contribution in [3.8, 4) is 17.2 Å². The molecule has 5 heteroatoms. The van der Waals surface area contributed by atoms with E-state index in [1.165, 1.54) is 0 Å². The van der Waals surface area contributed by atoms with E-state index in [4.69, 9.17) is 0 Å². The quantitative estimate of drug-likeness (QED) is 0.728. The van der Waals surface area contributed by atoms with Crippen molar-refractivity contribution in [1.29, 1.82) is 0 Å². The van der Waals surface area contributed by atoms with Crippen LogP contribution in [-0.4, -0.2) is 19.7 Å². The average molecular weight is 315 g/mol. The van der Waals surface area contributed by atoms with E-state index in [1.807, 2.05) is 49.4 Å². The second kappa shape index (κ2) is 4.93. The number of aromatic nitrogens is 4. The summed E-state index contributed by atoms with van der Waals surface area (Å²) in [5, 5.41) is 4.51. The van der Waals surface area contributed by atoms with E-state index in [1.54, 1.807) is 10.9 Å². The Bertz CT molecular complexity index is 689. The van der Waals surface area contributed by atoms with Crippen molar-refractivity contribution in [2.24, 2.45) is 0 Å². The Morgan fingerprint density at radius 1 is 1.05 bits per heavy atom. The summed E-state index contributed by atoms with van der Waals surface area (Å²) < 4.78 is 2.79. The van der Waals surface area contributed by atoms with Crippen LogP contribution in [0.25, 0.3) is 17.2 Å². The minimum atomic E-state index is 0.704. The molecule has 0 radical (unpaired) electrons. The number of aryl methyl sites for hydroxylation is 1. The fourth-order valence-corrected chi connectivity index (χ4v) is 2.07. The van der Waals surface area contributed by atoms with E-state index in [-0.39, 0.29) is 0 Å². The molecule has 0 fully saturated rings. The first-order chi connectivity index (χ1) is 9.24. The van der Waals surface area contributed by atoms with E-state index in [0.29, 0.717) is 5.82 Å². The van der Waals surface area contributed by atoms with Crippen LogP contribution in [0.1, 0.15) is 5.82 Å². The highest BCUT2D eigenvalue weighted by Gasteiger charge is 2.10. The zero-order chi connectivity index (χ0) is 13.2. The Labute approximate surface area is 119 Å². The summed E-state index contributed by atoms with van der Waals surface area (Å²) in [6.45, 7) is 1.92. The fraction of sp³-hybridized carbons (Fsp3) is 0.0714. The van der Waals surface area contributed by atoms with Crippen LogP contribution < -0.4 is 0 Å². The van der Waals surface area contributed by atoms with Gasteiger partial charge in [-0.15, -0.1) is 5.10 Å². The lowest BCUT2D eigenvalue weighted by atomic mass is 10.2. The largest absolute Gasteiger partial charge is 0.237 e. The monoisotopic (exact) mass is 314 g/mol. The molecular weight excluding hydrogens is 304 g/mol. The Balaban J connectivity index is 2.04. The number of halogens is 1. The summed E-state index contributed by atoms with van der Waals surface area (Å²) in [5.41, 5.74) is 0.987. The molecule has 0 N–H and O–H groups in total. The third-order valence-electron chi connectivity index (χ3n) is 2.74. The molecule has 0 amide bonds. The van der Waals surface area contributed by atoms with Gasteiger partial charge in [-0.1, -0.05) is 34.1 Å². The number of rotatable bonds is 2. The first-order valence-electron chi connectivity index (χ1n) is 5.85. The van der Waals surface area contributed by atoms with Gasteiger partial charge in [0.25, 0.3) is 0 Å². The van der Waals surface area contributed by atoms with E-state index in [2.05, 4.69) is 31.0 Å². The van der Waals surface area contributed by atoms with Gasteiger partial charge in [0.2, 0.25) is 0 Å². The molecule has 1 aromatic carbocycles. The van der Waals surface area contributed by atoms with Crippen LogP contribution in [0.3, 0.4) is 0 Å². The van der Waals surface area contributed by atoms with E-state index in [0.717, 1.165) is 21.7 Å². The van der Waals surface area contributed by atoms with Gasteiger partial charge in [0.1, 0.15) is 5.82 Å². The molecule has 2 heterocycles. The standard InChI is InChI=1S/C14H11BrN4/c1-10-17-14(11-5-7-12(15)8-6-11)18-19(10)13-4-2-3-9-16-13/h2-9H,1H3. The predicted molar refractivity (Wildman–Crippen MR) is 77.0 cm³/mol. The summed E-state index contributed by atoms with van der Waals surface area (Å²) in [7, 11) is 0. The number of benzene rings is 1. The first kappa shape index (κ1) is 12.0. The van der Waals surface area contributed by atoms with Gasteiger partial charge in [-0.2, -0.15) is 4.68 Å². The van der Waals surface area contributed by atoms with Gasteiger partial charge >= 0.3 is 0 Å². The molecule has 94 valence electrons. The van der Waals surface area contributed by atoms with Crippen LogP contribution in [0.5, 0.6) is 0 Å². The van der Waals surface area contributed by atoms with Crippen molar-refractivity contribution in [2.45, 2.75) is 6.92 Å². The number of pyridine rings is 1. The Morgan fingerprint density at radius 3 is 2.53 bits per heavy atom. The summed E-state index contributed by atoms with van der Waals surface area (Å²) in [6, 6.07) is 13.7. The van der Waals surface area contributed by atoms with Crippen molar-refractivity contribution < 1.29 is 0 Å². The minimum absolute atomic E-state index is 0.704. The molecule has 0 atom stereocenters. The predicted octanol–water partition coefficient (Wildman–Crippen LogP) is 3.40. The van der Waals surface area contributed by atoms with E-state index >= 15 is 0 Å². The van der Waals surface area contributed by atoms with Crippen molar-refractivity contribution in [2.75, 3.05) is 0 Å². The molecule has 0 saturated carbocycles. The van der Waals surface area contributed by atoms with Crippen molar-refractivity contribution in [3.05, 3.63) is 59.0 Å². The van der Waals surface area contributed by atoms with E-state index < -0.39 is 0 Å². The van der Waals surface area contributed by atoms with Crippen LogP contribution >= 0.6 is 15.9 Å². The first-order valence-corrected chi connectivity index (χ1v) is 6.64. The number of nitrogens with zero attached hydrogens (tertiary/aromatic N) is 4. The highest BCUT2D eigenvalue weighted by atomic mass is 79.9. The highest BCUT2D eigenvalue weighted by molar-refractivity contribution is 9.10. The van der Waals surface area contributed by atoms with Crippen molar-refractivity contribution in [3.63, 3.8) is 0 Å². The maximum atomic E-state index is 4.51. The molecule has 0 unspecified atom stereocenters. The third kappa shape index (κ3) is 2.42. The summed E-state index contributed by atoms with van der Waals surface area (Å²) >= 11 is 3.42. The van der Waals surface area contributed by atoms with Gasteiger partial charge in [-0.25, -0.2) is 9.97 Å². The van der Waals surface area contributed by atoms with Crippen LogP contribution in [0.2, 0.25) is 0 Å². The topological polar surface area (TPSA) is 43.6 Å². The molecule has 4 nitrogen and oxygen atoms in total. The van der Waals surface area contributed by atoms with E-state index in [9.17, 15) is 0 Å². The molecule has 0 saturated heterocycles. The zero-order valence-electron chi connectivity index (χ0n) is 10.3. The van der Waals surface area contributed by atoms with Crippen LogP contribution in [-0.2, 0) is 0 Å².